The summed E-state index contributed by atoms with van der Waals surface area (Å²) in [6.07, 6.45) is 19.2. The van der Waals surface area contributed by atoms with E-state index in [0.29, 0.717) is 46.2 Å². The molecule has 0 saturated heterocycles. The highest BCUT2D eigenvalue weighted by atomic mass is 16.6. The molecule has 0 fully saturated rings. The lowest BCUT2D eigenvalue weighted by Gasteiger charge is -2.18. The van der Waals surface area contributed by atoms with Gasteiger partial charge >= 0.3 is 0 Å². The van der Waals surface area contributed by atoms with Crippen LogP contribution in [0, 0.1) is 11.8 Å². The summed E-state index contributed by atoms with van der Waals surface area (Å²) in [5, 5.41) is 8.59. The van der Waals surface area contributed by atoms with Gasteiger partial charge in [0.15, 0.2) is 0 Å². The minimum atomic E-state index is 0.0568. The van der Waals surface area contributed by atoms with Crippen molar-refractivity contribution in [3.63, 3.8) is 0 Å². The Morgan fingerprint density at radius 1 is 0.424 bits per heavy atom. The Labute approximate surface area is 206 Å². The number of aliphatic hydroxyl groups is 1. The second kappa shape index (κ2) is 28.0. The van der Waals surface area contributed by atoms with Crippen molar-refractivity contribution >= 4 is 0 Å². The second-order valence-corrected chi connectivity index (χ2v) is 9.40. The topological polar surface area (TPSA) is 57.2 Å². The van der Waals surface area contributed by atoms with E-state index in [9.17, 15) is 0 Å². The molecule has 0 aromatic rings. The van der Waals surface area contributed by atoms with Gasteiger partial charge in [-0.05, 0) is 18.3 Å². The quantitative estimate of drug-likeness (QED) is 0.126. The minimum absolute atomic E-state index is 0.0568. The van der Waals surface area contributed by atoms with Crippen molar-refractivity contribution in [2.24, 2.45) is 11.8 Å². The predicted molar refractivity (Wildman–Crippen MR) is 139 cm³/mol. The third kappa shape index (κ3) is 24.7. The maximum absolute atomic E-state index is 8.59. The standard InChI is InChI=1S/C28H58O5/c1-4-7-14-27(12-5-2)15-8-9-16-28(13-6-3)17-10-11-19-30-21-23-32-25-26-33-24-22-31-20-18-29/h27-29H,4-26H2,1-3H3. The van der Waals surface area contributed by atoms with E-state index in [1.807, 2.05) is 0 Å². The minimum Gasteiger partial charge on any atom is -0.394 e. The van der Waals surface area contributed by atoms with Crippen molar-refractivity contribution in [3.8, 4) is 0 Å². The van der Waals surface area contributed by atoms with E-state index in [2.05, 4.69) is 20.8 Å². The van der Waals surface area contributed by atoms with Crippen molar-refractivity contribution in [2.45, 2.75) is 111 Å². The van der Waals surface area contributed by atoms with E-state index < -0.39 is 0 Å². The monoisotopic (exact) mass is 474 g/mol. The Bertz CT molecular complexity index is 353. The van der Waals surface area contributed by atoms with Gasteiger partial charge in [0, 0.05) is 6.61 Å². The summed E-state index contributed by atoms with van der Waals surface area (Å²) in [4.78, 5) is 0. The van der Waals surface area contributed by atoms with Crippen LogP contribution in [0.4, 0.5) is 0 Å². The van der Waals surface area contributed by atoms with Crippen molar-refractivity contribution in [1.82, 2.24) is 0 Å². The van der Waals surface area contributed by atoms with Crippen LogP contribution in [0.2, 0.25) is 0 Å². The largest absolute Gasteiger partial charge is 0.394 e. The van der Waals surface area contributed by atoms with Gasteiger partial charge < -0.3 is 24.1 Å². The molecule has 0 aliphatic heterocycles. The fourth-order valence-corrected chi connectivity index (χ4v) is 4.50. The van der Waals surface area contributed by atoms with Crippen LogP contribution < -0.4 is 0 Å². The molecule has 200 valence electrons. The normalized spacial score (nSPS) is 13.5. The molecule has 2 unspecified atom stereocenters. The molecule has 0 aliphatic rings. The molecular weight excluding hydrogens is 416 g/mol. The summed E-state index contributed by atoms with van der Waals surface area (Å²) >= 11 is 0. The highest BCUT2D eigenvalue weighted by molar-refractivity contribution is 4.63. The molecule has 0 spiro atoms. The molecule has 0 aliphatic carbocycles. The van der Waals surface area contributed by atoms with Crippen molar-refractivity contribution in [2.75, 3.05) is 59.5 Å². The average molecular weight is 475 g/mol. The van der Waals surface area contributed by atoms with Crippen LogP contribution in [0.3, 0.4) is 0 Å². The lowest BCUT2D eigenvalue weighted by Crippen LogP contribution is -2.12. The fraction of sp³-hybridized carbons (Fsp3) is 1.00. The van der Waals surface area contributed by atoms with E-state index in [1.165, 1.54) is 83.5 Å². The lowest BCUT2D eigenvalue weighted by atomic mass is 9.88. The Kier molecular flexibility index (Phi) is 27.9. The first-order valence-corrected chi connectivity index (χ1v) is 14.2. The molecule has 0 aromatic carbocycles. The molecule has 0 heterocycles. The van der Waals surface area contributed by atoms with Crippen LogP contribution in [-0.4, -0.2) is 64.6 Å². The van der Waals surface area contributed by atoms with Gasteiger partial charge in [0.05, 0.1) is 52.9 Å². The first kappa shape index (κ1) is 32.8. The van der Waals surface area contributed by atoms with Gasteiger partial charge in [-0.1, -0.05) is 104 Å². The predicted octanol–water partition coefficient (Wildman–Crippen LogP) is 6.80. The van der Waals surface area contributed by atoms with Gasteiger partial charge in [-0.15, -0.1) is 0 Å². The molecule has 5 nitrogen and oxygen atoms in total. The first-order chi connectivity index (χ1) is 16.3. The molecule has 0 rings (SSSR count). The fourth-order valence-electron chi connectivity index (χ4n) is 4.50. The molecule has 5 heteroatoms. The van der Waals surface area contributed by atoms with Gasteiger partial charge in [0.2, 0.25) is 0 Å². The molecule has 2 atom stereocenters. The SMILES string of the molecule is CCCCC(CCC)CCCCC(CCC)CCCCOCCOCCOCCOCCO. The number of rotatable bonds is 28. The van der Waals surface area contributed by atoms with Crippen molar-refractivity contribution in [3.05, 3.63) is 0 Å². The summed E-state index contributed by atoms with van der Waals surface area (Å²) in [7, 11) is 0. The number of unbranched alkanes of at least 4 members (excludes halogenated alkanes) is 3. The van der Waals surface area contributed by atoms with Gasteiger partial charge in [0.25, 0.3) is 0 Å². The van der Waals surface area contributed by atoms with E-state index in [0.717, 1.165) is 24.9 Å². The van der Waals surface area contributed by atoms with Crippen molar-refractivity contribution in [1.29, 1.82) is 0 Å². The molecule has 1 N–H and O–H groups in total. The van der Waals surface area contributed by atoms with Gasteiger partial charge in [0.1, 0.15) is 0 Å². The average Bonchev–Trinajstić information content (AvgIpc) is 2.82. The highest BCUT2D eigenvalue weighted by Gasteiger charge is 2.10. The smallest absolute Gasteiger partial charge is 0.0701 e. The Balaban J connectivity index is 3.56. The van der Waals surface area contributed by atoms with Crippen LogP contribution in [0.15, 0.2) is 0 Å². The maximum Gasteiger partial charge on any atom is 0.0701 e. The number of hydrogen-bond donors (Lipinski definition) is 1. The molecule has 0 aromatic heterocycles. The summed E-state index contributed by atoms with van der Waals surface area (Å²) in [6, 6.07) is 0. The van der Waals surface area contributed by atoms with E-state index in [-0.39, 0.29) is 6.61 Å². The molecule has 0 saturated carbocycles. The Morgan fingerprint density at radius 3 is 1.24 bits per heavy atom. The van der Waals surface area contributed by atoms with Gasteiger partial charge in [-0.3, -0.25) is 0 Å². The van der Waals surface area contributed by atoms with Crippen LogP contribution in [0.1, 0.15) is 111 Å². The third-order valence-electron chi connectivity index (χ3n) is 6.34. The summed E-state index contributed by atoms with van der Waals surface area (Å²) < 4.78 is 21.7. The van der Waals surface area contributed by atoms with Crippen LogP contribution in [-0.2, 0) is 18.9 Å². The van der Waals surface area contributed by atoms with Crippen molar-refractivity contribution < 1.29 is 24.1 Å². The lowest BCUT2D eigenvalue weighted by molar-refractivity contribution is -0.00582. The highest BCUT2D eigenvalue weighted by Crippen LogP contribution is 2.25. The van der Waals surface area contributed by atoms with E-state index in [4.69, 9.17) is 24.1 Å². The van der Waals surface area contributed by atoms with E-state index in [1.54, 1.807) is 0 Å². The molecule has 0 amide bonds. The number of ether oxygens (including phenoxy) is 4. The van der Waals surface area contributed by atoms with Gasteiger partial charge in [-0.25, -0.2) is 0 Å². The number of aliphatic hydroxyl groups excluding tert-OH is 1. The molecule has 0 radical (unpaired) electrons. The number of hydrogen-bond acceptors (Lipinski definition) is 5. The Hall–Kier alpha value is -0.200. The van der Waals surface area contributed by atoms with Crippen LogP contribution >= 0.6 is 0 Å². The Morgan fingerprint density at radius 2 is 0.818 bits per heavy atom. The van der Waals surface area contributed by atoms with Crippen LogP contribution in [0.5, 0.6) is 0 Å². The van der Waals surface area contributed by atoms with E-state index >= 15 is 0 Å². The molecule has 0 bridgehead atoms. The maximum atomic E-state index is 8.59. The molecular formula is C28H58O5. The first-order valence-electron chi connectivity index (χ1n) is 14.2. The van der Waals surface area contributed by atoms with Crippen LogP contribution in [0.25, 0.3) is 0 Å². The second-order valence-electron chi connectivity index (χ2n) is 9.40. The third-order valence-corrected chi connectivity index (χ3v) is 6.34. The zero-order chi connectivity index (χ0) is 24.2. The zero-order valence-corrected chi connectivity index (χ0v) is 22.5. The zero-order valence-electron chi connectivity index (χ0n) is 22.5. The summed E-state index contributed by atoms with van der Waals surface area (Å²) in [5.74, 6) is 1.89. The van der Waals surface area contributed by atoms with Gasteiger partial charge in [-0.2, -0.15) is 0 Å². The molecule has 33 heavy (non-hydrogen) atoms. The summed E-state index contributed by atoms with van der Waals surface area (Å²) in [6.45, 7) is 11.7. The summed E-state index contributed by atoms with van der Waals surface area (Å²) in [5.41, 5.74) is 0.